The van der Waals surface area contributed by atoms with Gasteiger partial charge in [-0.1, -0.05) is 30.3 Å². The fourth-order valence-corrected chi connectivity index (χ4v) is 2.61. The van der Waals surface area contributed by atoms with E-state index in [1.165, 1.54) is 0 Å². The van der Waals surface area contributed by atoms with Crippen LogP contribution in [0.2, 0.25) is 0 Å². The lowest BCUT2D eigenvalue weighted by Gasteiger charge is -2.23. The first kappa shape index (κ1) is 23.6. The summed E-state index contributed by atoms with van der Waals surface area (Å²) < 4.78 is 5.20. The lowest BCUT2D eigenvalue weighted by Crippen LogP contribution is -2.51. The number of hydrogen-bond acceptors (Lipinski definition) is 7. The van der Waals surface area contributed by atoms with Crippen LogP contribution in [0.4, 0.5) is 9.59 Å². The van der Waals surface area contributed by atoms with Crippen LogP contribution in [0.3, 0.4) is 0 Å². The van der Waals surface area contributed by atoms with Crippen molar-refractivity contribution in [2.75, 3.05) is 6.67 Å². The molecule has 1 aliphatic heterocycles. The van der Waals surface area contributed by atoms with Crippen molar-refractivity contribution in [2.45, 2.75) is 51.7 Å². The second kappa shape index (κ2) is 10.4. The molecule has 0 aromatic heterocycles. The number of carbonyl (C=O) groups is 5. The second-order valence-corrected chi connectivity index (χ2v) is 7.74. The van der Waals surface area contributed by atoms with Gasteiger partial charge < -0.3 is 25.5 Å². The minimum Gasteiger partial charge on any atom is -0.444 e. The zero-order chi connectivity index (χ0) is 23.0. The maximum absolute atomic E-state index is 12.6. The molecule has 11 heteroatoms. The highest BCUT2D eigenvalue weighted by molar-refractivity contribution is 6.01. The van der Waals surface area contributed by atoms with E-state index in [-0.39, 0.29) is 25.9 Å². The predicted molar refractivity (Wildman–Crippen MR) is 107 cm³/mol. The summed E-state index contributed by atoms with van der Waals surface area (Å²) in [5, 5.41) is 7.55. The van der Waals surface area contributed by atoms with Gasteiger partial charge in [-0.3, -0.25) is 14.4 Å². The van der Waals surface area contributed by atoms with E-state index in [2.05, 4.69) is 20.8 Å². The lowest BCUT2D eigenvalue weighted by atomic mass is 10.1. The Labute approximate surface area is 179 Å². The van der Waals surface area contributed by atoms with Crippen molar-refractivity contribution < 1.29 is 33.5 Å². The van der Waals surface area contributed by atoms with Crippen molar-refractivity contribution in [3.05, 3.63) is 35.9 Å². The number of carbonyl (C=O) groups excluding carboxylic acids is 5. The van der Waals surface area contributed by atoms with Crippen molar-refractivity contribution in [1.29, 1.82) is 0 Å². The normalized spacial score (nSPS) is 14.6. The number of rotatable bonds is 7. The Morgan fingerprint density at radius 3 is 2.19 bits per heavy atom. The molecule has 0 saturated carbocycles. The van der Waals surface area contributed by atoms with Crippen molar-refractivity contribution in [3.63, 3.8) is 0 Å². The summed E-state index contributed by atoms with van der Waals surface area (Å²) in [4.78, 5) is 64.0. The standard InChI is InChI=1S/C20H26N4O7/c1-20(2,3)30-19(29)23-14(11-13-7-5-4-6-8-13)17(27)21-12-22-18(28)31-24-15(25)9-10-16(24)26/h4-8,14H,9-12H2,1-3H3,(H,21,27)(H,22,28)(H,23,29). The molecular formula is C20H26N4O7. The van der Waals surface area contributed by atoms with Gasteiger partial charge in [-0.25, -0.2) is 9.59 Å². The lowest BCUT2D eigenvalue weighted by molar-refractivity contribution is -0.171. The predicted octanol–water partition coefficient (Wildman–Crippen LogP) is 0.986. The molecule has 0 spiro atoms. The van der Waals surface area contributed by atoms with E-state index in [9.17, 15) is 24.0 Å². The maximum Gasteiger partial charge on any atom is 0.433 e. The quantitative estimate of drug-likeness (QED) is 0.429. The molecule has 1 aromatic rings. The summed E-state index contributed by atoms with van der Waals surface area (Å²) in [6.45, 7) is 4.74. The molecule has 2 rings (SSSR count). The van der Waals surface area contributed by atoms with E-state index in [0.717, 1.165) is 5.56 Å². The molecule has 1 fully saturated rings. The smallest absolute Gasteiger partial charge is 0.433 e. The third-order valence-electron chi connectivity index (χ3n) is 3.97. The van der Waals surface area contributed by atoms with E-state index >= 15 is 0 Å². The number of imide groups is 1. The van der Waals surface area contributed by atoms with Crippen molar-refractivity contribution in [1.82, 2.24) is 21.0 Å². The molecule has 0 aliphatic carbocycles. The van der Waals surface area contributed by atoms with Gasteiger partial charge in [-0.2, -0.15) is 0 Å². The van der Waals surface area contributed by atoms with Gasteiger partial charge >= 0.3 is 12.2 Å². The molecule has 3 N–H and O–H groups in total. The van der Waals surface area contributed by atoms with E-state index in [1.807, 2.05) is 6.07 Å². The third kappa shape index (κ3) is 7.96. The topological polar surface area (TPSA) is 143 Å². The molecule has 1 aromatic carbocycles. The van der Waals surface area contributed by atoms with Gasteiger partial charge in [-0.15, -0.1) is 5.06 Å². The van der Waals surface area contributed by atoms with Crippen molar-refractivity contribution in [3.8, 4) is 0 Å². The Balaban J connectivity index is 1.90. The van der Waals surface area contributed by atoms with Gasteiger partial charge in [-0.05, 0) is 26.3 Å². The molecule has 1 unspecified atom stereocenters. The Morgan fingerprint density at radius 2 is 1.61 bits per heavy atom. The van der Waals surface area contributed by atoms with Gasteiger partial charge in [0.1, 0.15) is 11.6 Å². The summed E-state index contributed by atoms with van der Waals surface area (Å²) in [6, 6.07) is 8.06. The van der Waals surface area contributed by atoms with Gasteiger partial charge in [0, 0.05) is 19.3 Å². The highest BCUT2D eigenvalue weighted by atomic mass is 16.7. The number of hydrogen-bond donors (Lipinski definition) is 3. The van der Waals surface area contributed by atoms with E-state index in [1.54, 1.807) is 45.0 Å². The largest absolute Gasteiger partial charge is 0.444 e. The van der Waals surface area contributed by atoms with Crippen LogP contribution >= 0.6 is 0 Å². The molecule has 31 heavy (non-hydrogen) atoms. The maximum atomic E-state index is 12.6. The number of amides is 5. The molecule has 1 aliphatic rings. The van der Waals surface area contributed by atoms with Crippen LogP contribution in [0.1, 0.15) is 39.2 Å². The van der Waals surface area contributed by atoms with Crippen LogP contribution in [-0.2, 0) is 30.4 Å². The second-order valence-electron chi connectivity index (χ2n) is 7.74. The highest BCUT2D eigenvalue weighted by Crippen LogP contribution is 2.12. The van der Waals surface area contributed by atoms with Crippen LogP contribution in [0.15, 0.2) is 30.3 Å². The van der Waals surface area contributed by atoms with Gasteiger partial charge in [0.2, 0.25) is 5.91 Å². The average molecular weight is 434 g/mol. The zero-order valence-electron chi connectivity index (χ0n) is 17.6. The Hall–Kier alpha value is -3.63. The molecule has 168 valence electrons. The zero-order valence-corrected chi connectivity index (χ0v) is 17.6. The van der Waals surface area contributed by atoms with Crippen LogP contribution in [0.25, 0.3) is 0 Å². The van der Waals surface area contributed by atoms with Gasteiger partial charge in [0.25, 0.3) is 11.8 Å². The van der Waals surface area contributed by atoms with Gasteiger partial charge in [0.05, 0.1) is 6.67 Å². The van der Waals surface area contributed by atoms with Crippen molar-refractivity contribution in [2.24, 2.45) is 0 Å². The summed E-state index contributed by atoms with van der Waals surface area (Å²) in [6.07, 6.45) is -1.71. The minimum absolute atomic E-state index is 0.0274. The van der Waals surface area contributed by atoms with Crippen LogP contribution in [0.5, 0.6) is 0 Å². The SMILES string of the molecule is CC(C)(C)OC(=O)NC(Cc1ccccc1)C(=O)NCNC(=O)ON1C(=O)CCC1=O. The minimum atomic E-state index is -1.08. The van der Waals surface area contributed by atoms with E-state index in [0.29, 0.717) is 5.06 Å². The third-order valence-corrected chi connectivity index (χ3v) is 3.97. The number of benzene rings is 1. The fourth-order valence-electron chi connectivity index (χ4n) is 2.61. The number of nitrogens with one attached hydrogen (secondary N) is 3. The number of nitrogens with zero attached hydrogens (tertiary/aromatic N) is 1. The van der Waals surface area contributed by atoms with Crippen LogP contribution < -0.4 is 16.0 Å². The molecular weight excluding hydrogens is 408 g/mol. The molecule has 0 radical (unpaired) electrons. The molecule has 11 nitrogen and oxygen atoms in total. The molecule has 1 heterocycles. The first-order chi connectivity index (χ1) is 14.5. The Bertz CT molecular complexity index is 820. The Kier molecular flexibility index (Phi) is 7.94. The van der Waals surface area contributed by atoms with Crippen LogP contribution in [-0.4, -0.2) is 53.3 Å². The number of ether oxygens (including phenoxy) is 1. The summed E-state index contributed by atoms with van der Waals surface area (Å²) in [5.74, 6) is -1.81. The molecule has 1 saturated heterocycles. The number of hydroxylamine groups is 2. The van der Waals surface area contributed by atoms with E-state index < -0.39 is 41.6 Å². The average Bonchev–Trinajstić information content (AvgIpc) is 2.98. The number of alkyl carbamates (subject to hydrolysis) is 1. The van der Waals surface area contributed by atoms with Crippen LogP contribution in [0, 0.1) is 0 Å². The monoisotopic (exact) mass is 434 g/mol. The molecule has 1 atom stereocenters. The van der Waals surface area contributed by atoms with Gasteiger partial charge in [0.15, 0.2) is 0 Å². The summed E-state index contributed by atoms with van der Waals surface area (Å²) in [7, 11) is 0. The summed E-state index contributed by atoms with van der Waals surface area (Å²) in [5.41, 5.74) is 0.0605. The highest BCUT2D eigenvalue weighted by Gasteiger charge is 2.33. The Morgan fingerprint density at radius 1 is 1.00 bits per heavy atom. The first-order valence-corrected chi connectivity index (χ1v) is 9.68. The summed E-state index contributed by atoms with van der Waals surface area (Å²) >= 11 is 0. The van der Waals surface area contributed by atoms with Crippen molar-refractivity contribution >= 4 is 29.9 Å². The molecule has 5 amide bonds. The van der Waals surface area contributed by atoms with E-state index in [4.69, 9.17) is 4.74 Å². The molecule has 0 bridgehead atoms. The fraction of sp³-hybridized carbons (Fsp3) is 0.450. The first-order valence-electron chi connectivity index (χ1n) is 9.68.